The molecule has 3 aromatic carbocycles. The van der Waals surface area contributed by atoms with Crippen molar-refractivity contribution in [3.05, 3.63) is 95.6 Å². The van der Waals surface area contributed by atoms with E-state index in [4.69, 9.17) is 14.2 Å². The maximum absolute atomic E-state index is 12.2. The van der Waals surface area contributed by atoms with Gasteiger partial charge in [-0.3, -0.25) is 4.79 Å². The summed E-state index contributed by atoms with van der Waals surface area (Å²) >= 11 is 1.50. The van der Waals surface area contributed by atoms with E-state index in [-0.39, 0.29) is 37.9 Å². The van der Waals surface area contributed by atoms with Crippen LogP contribution in [0.5, 0.6) is 0 Å². The molecule has 0 saturated carbocycles. The minimum atomic E-state index is -0.684. The molecule has 1 aliphatic heterocycles. The van der Waals surface area contributed by atoms with Gasteiger partial charge in [0.1, 0.15) is 6.54 Å². The third kappa shape index (κ3) is 7.80. The number of para-hydroxylation sites is 1. The first kappa shape index (κ1) is 31.1. The molecule has 0 aliphatic carbocycles. The lowest BCUT2D eigenvalue weighted by molar-refractivity contribution is -0.268. The maximum Gasteiger partial charge on any atom is 0.325 e. The number of ether oxygens (including phenoxy) is 3. The van der Waals surface area contributed by atoms with E-state index in [0.717, 1.165) is 22.4 Å². The summed E-state index contributed by atoms with van der Waals surface area (Å²) in [5, 5.41) is 27.6. The summed E-state index contributed by atoms with van der Waals surface area (Å²) in [5.41, 5.74) is 3.97. The first-order valence-electron chi connectivity index (χ1n) is 14.2. The fourth-order valence-corrected chi connectivity index (χ4v) is 5.78. The molecule has 2 heterocycles. The van der Waals surface area contributed by atoms with E-state index in [9.17, 15) is 14.7 Å². The quantitative estimate of drug-likeness (QED) is 0.163. The number of nitrogens with one attached hydrogen (secondary N) is 2. The van der Waals surface area contributed by atoms with Crippen molar-refractivity contribution in [2.24, 2.45) is 5.92 Å². The van der Waals surface area contributed by atoms with Gasteiger partial charge in [0.05, 0.1) is 31.1 Å². The standard InChI is InChI=1S/C31H34N6O6S/c1-3-41-27(39)17-32-30(40)33-24-15-13-23(14-16-24)29-42-26(20(2)28(43-29)22-11-9-21(18-38)10-12-22)19-44-31-34-35-36-37(31)25-7-5-4-6-8-25/h4-16,20,26,28-29,38H,3,17-19H2,1-2H3,(H2,32,33,40). The number of tetrazole rings is 1. The minimum absolute atomic E-state index is 0.0242. The van der Waals surface area contributed by atoms with E-state index in [1.54, 1.807) is 23.7 Å². The van der Waals surface area contributed by atoms with Crippen molar-refractivity contribution in [1.82, 2.24) is 25.5 Å². The van der Waals surface area contributed by atoms with E-state index in [1.807, 2.05) is 66.7 Å². The number of urea groups is 1. The van der Waals surface area contributed by atoms with Gasteiger partial charge in [-0.05, 0) is 52.7 Å². The number of aromatic nitrogens is 4. The van der Waals surface area contributed by atoms with Crippen LogP contribution >= 0.6 is 11.8 Å². The molecule has 0 spiro atoms. The van der Waals surface area contributed by atoms with Crippen molar-refractivity contribution in [3.8, 4) is 5.69 Å². The number of anilines is 1. The number of carbonyl (C=O) groups excluding carboxylic acids is 2. The Kier molecular flexibility index (Phi) is 10.6. The first-order chi connectivity index (χ1) is 21.4. The summed E-state index contributed by atoms with van der Waals surface area (Å²) in [6, 6.07) is 24.0. The molecule has 0 radical (unpaired) electrons. The second-order valence-corrected chi connectivity index (χ2v) is 11.1. The van der Waals surface area contributed by atoms with Crippen LogP contribution in [-0.2, 0) is 25.6 Å². The number of hydrogen-bond acceptors (Lipinski definition) is 10. The zero-order valence-corrected chi connectivity index (χ0v) is 25.1. The van der Waals surface area contributed by atoms with Crippen LogP contribution in [0.3, 0.4) is 0 Å². The number of hydrogen-bond donors (Lipinski definition) is 3. The van der Waals surface area contributed by atoms with Gasteiger partial charge in [-0.25, -0.2) is 4.79 Å². The van der Waals surface area contributed by atoms with Gasteiger partial charge >= 0.3 is 12.0 Å². The first-order valence-corrected chi connectivity index (χ1v) is 15.2. The Morgan fingerprint density at radius 3 is 2.43 bits per heavy atom. The molecule has 2 amide bonds. The number of esters is 1. The third-order valence-electron chi connectivity index (χ3n) is 7.08. The van der Waals surface area contributed by atoms with Crippen molar-refractivity contribution in [3.63, 3.8) is 0 Å². The number of amides is 2. The Morgan fingerprint density at radius 1 is 1.00 bits per heavy atom. The second kappa shape index (κ2) is 14.9. The molecule has 44 heavy (non-hydrogen) atoms. The van der Waals surface area contributed by atoms with Crippen LogP contribution in [0.1, 0.15) is 42.9 Å². The van der Waals surface area contributed by atoms with E-state index < -0.39 is 18.3 Å². The summed E-state index contributed by atoms with van der Waals surface area (Å²) in [4.78, 5) is 23.7. The zero-order chi connectivity index (χ0) is 30.9. The smallest absolute Gasteiger partial charge is 0.325 e. The van der Waals surface area contributed by atoms with Crippen LogP contribution in [0, 0.1) is 5.92 Å². The highest BCUT2D eigenvalue weighted by molar-refractivity contribution is 7.99. The third-order valence-corrected chi connectivity index (χ3v) is 8.09. The van der Waals surface area contributed by atoms with Crippen molar-refractivity contribution in [2.45, 2.75) is 44.1 Å². The lowest BCUT2D eigenvalue weighted by atomic mass is 9.91. The molecular formula is C31H34N6O6S. The van der Waals surface area contributed by atoms with Gasteiger partial charge in [-0.1, -0.05) is 73.3 Å². The summed E-state index contributed by atoms with van der Waals surface area (Å²) in [5.74, 6) is 0.0344. The molecule has 1 fully saturated rings. The molecule has 4 atom stereocenters. The van der Waals surface area contributed by atoms with Gasteiger partial charge in [0.25, 0.3) is 0 Å². The average molecular weight is 619 g/mol. The van der Waals surface area contributed by atoms with E-state index in [2.05, 4.69) is 33.1 Å². The molecule has 13 heteroatoms. The topological polar surface area (TPSA) is 150 Å². The fraction of sp³-hybridized carbons (Fsp3) is 0.323. The number of aliphatic hydroxyl groups excluding tert-OH is 1. The van der Waals surface area contributed by atoms with Gasteiger partial charge in [-0.2, -0.15) is 4.68 Å². The lowest BCUT2D eigenvalue weighted by Gasteiger charge is -2.41. The lowest BCUT2D eigenvalue weighted by Crippen LogP contribution is -2.38. The Bertz CT molecular complexity index is 1520. The number of carbonyl (C=O) groups is 2. The van der Waals surface area contributed by atoms with Crippen LogP contribution in [-0.4, -0.2) is 62.3 Å². The Balaban J connectivity index is 1.31. The van der Waals surface area contributed by atoms with Crippen molar-refractivity contribution in [1.29, 1.82) is 0 Å². The molecule has 4 aromatic rings. The number of thioether (sulfide) groups is 1. The van der Waals surface area contributed by atoms with Gasteiger partial charge in [0, 0.05) is 22.9 Å². The minimum Gasteiger partial charge on any atom is -0.465 e. The van der Waals surface area contributed by atoms with Crippen molar-refractivity contribution < 1.29 is 28.9 Å². The molecule has 1 aromatic heterocycles. The van der Waals surface area contributed by atoms with Gasteiger partial charge in [-0.15, -0.1) is 5.10 Å². The van der Waals surface area contributed by atoms with Gasteiger partial charge in [0.2, 0.25) is 5.16 Å². The summed E-state index contributed by atoms with van der Waals surface area (Å²) in [6.07, 6.45) is -1.20. The highest BCUT2D eigenvalue weighted by atomic mass is 32.2. The van der Waals surface area contributed by atoms with Crippen LogP contribution in [0.15, 0.2) is 84.0 Å². The number of nitrogens with zero attached hydrogens (tertiary/aromatic N) is 4. The van der Waals surface area contributed by atoms with Crippen LogP contribution in [0.25, 0.3) is 5.69 Å². The molecule has 3 N–H and O–H groups in total. The van der Waals surface area contributed by atoms with E-state index >= 15 is 0 Å². The van der Waals surface area contributed by atoms with Crippen molar-refractivity contribution in [2.75, 3.05) is 24.2 Å². The van der Waals surface area contributed by atoms with Crippen molar-refractivity contribution >= 4 is 29.4 Å². The maximum atomic E-state index is 12.2. The van der Waals surface area contributed by atoms with Crippen LogP contribution < -0.4 is 10.6 Å². The zero-order valence-electron chi connectivity index (χ0n) is 24.3. The summed E-state index contributed by atoms with van der Waals surface area (Å²) in [6.45, 7) is 3.77. The normalized spacial score (nSPS) is 19.7. The van der Waals surface area contributed by atoms with Gasteiger partial charge < -0.3 is 30.0 Å². The predicted molar refractivity (Wildman–Crippen MR) is 163 cm³/mol. The highest BCUT2D eigenvalue weighted by Crippen LogP contribution is 2.43. The average Bonchev–Trinajstić information content (AvgIpc) is 3.53. The molecule has 230 valence electrons. The Morgan fingerprint density at radius 2 is 1.73 bits per heavy atom. The summed E-state index contributed by atoms with van der Waals surface area (Å²) < 4.78 is 19.6. The van der Waals surface area contributed by atoms with Crippen LogP contribution in [0.4, 0.5) is 10.5 Å². The monoisotopic (exact) mass is 618 g/mol. The number of aliphatic hydroxyl groups is 1. The molecule has 0 bridgehead atoms. The SMILES string of the molecule is CCOC(=O)CNC(=O)Nc1ccc(C2OC(CSc3nnnn3-c3ccccc3)C(C)C(c3ccc(CO)cc3)O2)cc1. The molecule has 1 aliphatic rings. The van der Waals surface area contributed by atoms with Gasteiger partial charge in [0.15, 0.2) is 6.29 Å². The second-order valence-electron chi connectivity index (χ2n) is 10.1. The number of benzene rings is 3. The fourth-order valence-electron chi connectivity index (χ4n) is 4.73. The number of rotatable bonds is 11. The molecule has 1 saturated heterocycles. The highest BCUT2D eigenvalue weighted by Gasteiger charge is 2.38. The van der Waals surface area contributed by atoms with Crippen LogP contribution in [0.2, 0.25) is 0 Å². The van der Waals surface area contributed by atoms with E-state index in [0.29, 0.717) is 16.6 Å². The molecular weight excluding hydrogens is 584 g/mol. The Hall–Kier alpha value is -4.30. The van der Waals surface area contributed by atoms with E-state index in [1.165, 1.54) is 11.8 Å². The summed E-state index contributed by atoms with van der Waals surface area (Å²) in [7, 11) is 0. The Labute approximate surface area is 259 Å². The largest absolute Gasteiger partial charge is 0.465 e. The molecule has 4 unspecified atom stereocenters. The molecule has 5 rings (SSSR count). The molecule has 12 nitrogen and oxygen atoms in total. The predicted octanol–water partition coefficient (Wildman–Crippen LogP) is 4.42.